The predicted molar refractivity (Wildman–Crippen MR) is 38.8 cm³/mol. The molecule has 0 aromatic heterocycles. The van der Waals surface area contributed by atoms with E-state index in [1.807, 2.05) is 6.92 Å². The van der Waals surface area contributed by atoms with Crippen molar-refractivity contribution in [3.05, 3.63) is 0 Å². The van der Waals surface area contributed by atoms with Gasteiger partial charge in [-0.25, -0.2) is 0 Å². The lowest BCUT2D eigenvalue weighted by Gasteiger charge is -2.15. The van der Waals surface area contributed by atoms with Crippen molar-refractivity contribution in [2.24, 2.45) is 4.99 Å². The number of hydrogen-bond acceptors (Lipinski definition) is 2. The fourth-order valence-electron chi connectivity index (χ4n) is 0.595. The summed E-state index contributed by atoms with van der Waals surface area (Å²) in [5.41, 5.74) is 0. The van der Waals surface area contributed by atoms with Crippen molar-refractivity contribution in [2.75, 3.05) is 0 Å². The van der Waals surface area contributed by atoms with Gasteiger partial charge in [-0.2, -0.15) is 0 Å². The smallest absolute Gasteiger partial charge is 0.240 e. The van der Waals surface area contributed by atoms with Crippen LogP contribution in [0.5, 0.6) is 0 Å². The summed E-state index contributed by atoms with van der Waals surface area (Å²) < 4.78 is 0. The van der Waals surface area contributed by atoms with E-state index in [2.05, 4.69) is 26.2 Å². The highest BCUT2D eigenvalue weighted by atomic mass is 79.9. The van der Waals surface area contributed by atoms with Gasteiger partial charge in [-0.3, -0.25) is 9.79 Å². The lowest BCUT2D eigenvalue weighted by Crippen LogP contribution is -2.41. The first-order chi connectivity index (χ1) is 4.20. The van der Waals surface area contributed by atoms with Gasteiger partial charge in [-0.15, -0.1) is 0 Å². The van der Waals surface area contributed by atoms with E-state index < -0.39 is 0 Å². The Labute approximate surface area is 61.7 Å². The first-order valence-electron chi connectivity index (χ1n) is 2.68. The number of halogens is 1. The average Bonchev–Trinajstić information content (AvgIpc) is 1.80. The van der Waals surface area contributed by atoms with E-state index in [-0.39, 0.29) is 16.9 Å². The molecule has 4 heteroatoms. The third-order valence-corrected chi connectivity index (χ3v) is 1.69. The molecule has 0 saturated carbocycles. The third kappa shape index (κ3) is 1.51. The van der Waals surface area contributed by atoms with Crippen molar-refractivity contribution < 1.29 is 4.79 Å². The first-order valence-corrected chi connectivity index (χ1v) is 3.59. The van der Waals surface area contributed by atoms with Crippen molar-refractivity contribution in [1.29, 1.82) is 0 Å². The number of carbonyl (C=O) groups is 1. The third-order valence-electron chi connectivity index (χ3n) is 1.04. The highest BCUT2D eigenvalue weighted by Gasteiger charge is 2.17. The predicted octanol–water partition coefficient (Wildman–Crippen LogP) is 0.297. The van der Waals surface area contributed by atoms with Crippen molar-refractivity contribution in [2.45, 2.75) is 17.9 Å². The van der Waals surface area contributed by atoms with Crippen LogP contribution in [0, 0.1) is 0 Å². The topological polar surface area (TPSA) is 41.5 Å². The Balaban J connectivity index is 2.65. The fraction of sp³-hybridized carbons (Fsp3) is 0.600. The SMILES string of the molecule is CC1N=CC(Br)C(=O)N1. The molecule has 0 fully saturated rings. The maximum absolute atomic E-state index is 10.8. The van der Waals surface area contributed by atoms with Crippen LogP contribution in [-0.2, 0) is 4.79 Å². The molecule has 3 nitrogen and oxygen atoms in total. The summed E-state index contributed by atoms with van der Waals surface area (Å²) in [5.74, 6) is -0.0162. The number of carbonyl (C=O) groups excluding carboxylic acids is 1. The summed E-state index contributed by atoms with van der Waals surface area (Å²) in [7, 11) is 0. The highest BCUT2D eigenvalue weighted by Crippen LogP contribution is 2.02. The van der Waals surface area contributed by atoms with Crippen LogP contribution in [0.15, 0.2) is 4.99 Å². The van der Waals surface area contributed by atoms with Crippen LogP contribution in [0.2, 0.25) is 0 Å². The molecule has 0 radical (unpaired) electrons. The molecule has 2 unspecified atom stereocenters. The minimum atomic E-state index is -0.242. The van der Waals surface area contributed by atoms with Gasteiger partial charge in [-0.05, 0) is 6.92 Å². The summed E-state index contributed by atoms with van der Waals surface area (Å²) in [5, 5.41) is 2.65. The first kappa shape index (κ1) is 6.74. The monoisotopic (exact) mass is 190 g/mol. The van der Waals surface area contributed by atoms with Crippen molar-refractivity contribution in [3.63, 3.8) is 0 Å². The molecule has 1 N–H and O–H groups in total. The molecule has 1 rings (SSSR count). The van der Waals surface area contributed by atoms with Gasteiger partial charge in [0.15, 0.2) is 0 Å². The van der Waals surface area contributed by atoms with Gasteiger partial charge in [0.25, 0.3) is 0 Å². The Kier molecular flexibility index (Phi) is 1.85. The van der Waals surface area contributed by atoms with E-state index in [9.17, 15) is 4.79 Å². The number of alkyl halides is 1. The zero-order chi connectivity index (χ0) is 6.85. The van der Waals surface area contributed by atoms with E-state index in [4.69, 9.17) is 0 Å². The Morgan fingerprint density at radius 1 is 1.89 bits per heavy atom. The second kappa shape index (κ2) is 2.47. The average molecular weight is 191 g/mol. The van der Waals surface area contributed by atoms with E-state index in [0.29, 0.717) is 0 Å². The molecule has 0 aromatic rings. The standard InChI is InChI=1S/C5H7BrN2O/c1-3-7-2-4(6)5(9)8-3/h2-4H,1H3,(H,8,9). The summed E-state index contributed by atoms with van der Waals surface area (Å²) >= 11 is 3.12. The molecule has 0 aromatic carbocycles. The summed E-state index contributed by atoms with van der Waals surface area (Å²) in [4.78, 5) is 14.5. The zero-order valence-electron chi connectivity index (χ0n) is 4.97. The van der Waals surface area contributed by atoms with Crippen LogP contribution in [0.25, 0.3) is 0 Å². The molecule has 1 aliphatic rings. The number of nitrogens with zero attached hydrogens (tertiary/aromatic N) is 1. The molecule has 0 bridgehead atoms. The molecule has 1 aliphatic heterocycles. The molecule has 0 aliphatic carbocycles. The molecule has 1 heterocycles. The summed E-state index contributed by atoms with van der Waals surface area (Å²) in [6, 6.07) is 0. The number of aliphatic imine (C=N–C) groups is 1. The number of rotatable bonds is 0. The summed E-state index contributed by atoms with van der Waals surface area (Å²) in [6.45, 7) is 1.83. The lowest BCUT2D eigenvalue weighted by molar-refractivity contribution is -0.120. The zero-order valence-corrected chi connectivity index (χ0v) is 6.55. The summed E-state index contributed by atoms with van der Waals surface area (Å²) in [6.07, 6.45) is 1.54. The van der Waals surface area contributed by atoms with E-state index in [0.717, 1.165) is 0 Å². The van der Waals surface area contributed by atoms with Crippen molar-refractivity contribution in [1.82, 2.24) is 5.32 Å². The van der Waals surface area contributed by atoms with Gasteiger partial charge in [0.05, 0.1) is 0 Å². The number of hydrogen-bond donors (Lipinski definition) is 1. The second-order valence-electron chi connectivity index (χ2n) is 1.88. The Hall–Kier alpha value is -0.380. The van der Waals surface area contributed by atoms with Gasteiger partial charge in [0, 0.05) is 6.21 Å². The largest absolute Gasteiger partial charge is 0.333 e. The molecular weight excluding hydrogens is 184 g/mol. The highest BCUT2D eigenvalue weighted by molar-refractivity contribution is 9.10. The van der Waals surface area contributed by atoms with Gasteiger partial charge in [0.2, 0.25) is 5.91 Å². The van der Waals surface area contributed by atoms with Crippen molar-refractivity contribution in [3.8, 4) is 0 Å². The van der Waals surface area contributed by atoms with Crippen LogP contribution < -0.4 is 5.32 Å². The van der Waals surface area contributed by atoms with Crippen LogP contribution in [-0.4, -0.2) is 23.1 Å². The second-order valence-corrected chi connectivity index (χ2v) is 2.87. The molecule has 0 spiro atoms. The van der Waals surface area contributed by atoms with Gasteiger partial charge < -0.3 is 5.32 Å². The molecule has 50 valence electrons. The van der Waals surface area contributed by atoms with E-state index >= 15 is 0 Å². The minimum Gasteiger partial charge on any atom is -0.333 e. The fourth-order valence-corrected chi connectivity index (χ4v) is 0.864. The van der Waals surface area contributed by atoms with Gasteiger partial charge in [-0.1, -0.05) is 15.9 Å². The minimum absolute atomic E-state index is 0.0162. The maximum Gasteiger partial charge on any atom is 0.240 e. The van der Waals surface area contributed by atoms with E-state index in [1.54, 1.807) is 6.21 Å². The Morgan fingerprint density at radius 3 is 3.00 bits per heavy atom. The maximum atomic E-state index is 10.8. The molecule has 2 atom stereocenters. The van der Waals surface area contributed by atoms with Crippen LogP contribution in [0.1, 0.15) is 6.92 Å². The van der Waals surface area contributed by atoms with Crippen molar-refractivity contribution >= 4 is 28.1 Å². The normalized spacial score (nSPS) is 34.2. The lowest BCUT2D eigenvalue weighted by atomic mass is 10.3. The van der Waals surface area contributed by atoms with Crippen LogP contribution >= 0.6 is 15.9 Å². The van der Waals surface area contributed by atoms with Crippen LogP contribution in [0.4, 0.5) is 0 Å². The Bertz CT molecular complexity index is 157. The van der Waals surface area contributed by atoms with E-state index in [1.165, 1.54) is 0 Å². The molecular formula is C5H7BrN2O. The molecule has 1 amide bonds. The number of nitrogens with one attached hydrogen (secondary N) is 1. The Morgan fingerprint density at radius 2 is 2.56 bits per heavy atom. The van der Waals surface area contributed by atoms with Crippen LogP contribution in [0.3, 0.4) is 0 Å². The quantitative estimate of drug-likeness (QED) is 0.549. The number of amides is 1. The van der Waals surface area contributed by atoms with Gasteiger partial charge >= 0.3 is 0 Å². The van der Waals surface area contributed by atoms with Gasteiger partial charge in [0.1, 0.15) is 11.0 Å². The molecule has 0 saturated heterocycles. The molecule has 9 heavy (non-hydrogen) atoms.